The number of carbonyl (C=O) groups is 2. The second-order valence-corrected chi connectivity index (χ2v) is 7.06. The van der Waals surface area contributed by atoms with Gasteiger partial charge in [0.1, 0.15) is 16.7 Å². The second kappa shape index (κ2) is 8.82. The number of nitrogen functional groups attached to an aromatic ring is 1. The number of nitrogens with zero attached hydrogens (tertiary/aromatic N) is 3. The summed E-state index contributed by atoms with van der Waals surface area (Å²) >= 11 is 0.979. The normalized spacial score (nSPS) is 11.9. The largest absolute Gasteiger partial charge is 0.417 e. The SMILES string of the molecule is C[C@H](C(N)=O)N(c1ccc(OC(F)F)nc1)c1nc(N)c(C(=O)c2ccccc2)s1. The highest BCUT2D eigenvalue weighted by atomic mass is 32.1. The van der Waals surface area contributed by atoms with E-state index >= 15 is 0 Å². The van der Waals surface area contributed by atoms with E-state index in [-0.39, 0.29) is 27.5 Å². The molecule has 0 aliphatic rings. The lowest BCUT2D eigenvalue weighted by Crippen LogP contribution is -2.40. The first-order chi connectivity index (χ1) is 14.3. The number of ether oxygens (including phenoxy) is 1. The summed E-state index contributed by atoms with van der Waals surface area (Å²) in [7, 11) is 0. The molecule has 0 fully saturated rings. The van der Waals surface area contributed by atoms with Crippen LogP contribution in [0.4, 0.5) is 25.4 Å². The fourth-order valence-electron chi connectivity index (χ4n) is 2.61. The van der Waals surface area contributed by atoms with Crippen molar-refractivity contribution in [2.75, 3.05) is 10.6 Å². The van der Waals surface area contributed by atoms with Crippen LogP contribution in [0.2, 0.25) is 0 Å². The van der Waals surface area contributed by atoms with Crippen LogP contribution < -0.4 is 21.1 Å². The predicted molar refractivity (Wildman–Crippen MR) is 108 cm³/mol. The van der Waals surface area contributed by atoms with Gasteiger partial charge in [0, 0.05) is 11.6 Å². The van der Waals surface area contributed by atoms with Crippen LogP contribution in [0.25, 0.3) is 0 Å². The quantitative estimate of drug-likeness (QED) is 0.523. The van der Waals surface area contributed by atoms with Gasteiger partial charge in [-0.1, -0.05) is 41.7 Å². The van der Waals surface area contributed by atoms with Gasteiger partial charge in [-0.2, -0.15) is 8.78 Å². The smallest absolute Gasteiger partial charge is 0.388 e. The van der Waals surface area contributed by atoms with E-state index in [1.54, 1.807) is 30.3 Å². The topological polar surface area (TPSA) is 124 Å². The Morgan fingerprint density at radius 3 is 2.43 bits per heavy atom. The van der Waals surface area contributed by atoms with E-state index in [2.05, 4.69) is 14.7 Å². The van der Waals surface area contributed by atoms with Crippen LogP contribution in [0.3, 0.4) is 0 Å². The number of primary amides is 1. The molecule has 0 spiro atoms. The van der Waals surface area contributed by atoms with Crippen molar-refractivity contribution in [2.45, 2.75) is 19.6 Å². The standard InChI is InChI=1S/C19H17F2N5O3S/c1-10(17(23)28)26(12-7-8-13(24-9-12)29-18(20)21)19-25-16(22)15(30-19)14(27)11-5-3-2-4-6-11/h2-10,18H,22H2,1H3,(H2,23,28)/t10-/m1/s1. The molecule has 1 aromatic carbocycles. The number of ketones is 1. The Morgan fingerprint density at radius 2 is 1.87 bits per heavy atom. The molecule has 156 valence electrons. The molecule has 0 radical (unpaired) electrons. The number of hydrogen-bond acceptors (Lipinski definition) is 8. The number of hydrogen-bond donors (Lipinski definition) is 2. The number of halogens is 2. The molecule has 0 unspecified atom stereocenters. The predicted octanol–water partition coefficient (Wildman–Crippen LogP) is 2.96. The molecule has 0 saturated heterocycles. The molecule has 30 heavy (non-hydrogen) atoms. The van der Waals surface area contributed by atoms with E-state index in [9.17, 15) is 18.4 Å². The zero-order chi connectivity index (χ0) is 21.8. The van der Waals surface area contributed by atoms with E-state index in [1.165, 1.54) is 30.2 Å². The molecule has 2 aromatic heterocycles. The molecule has 4 N–H and O–H groups in total. The number of nitrogens with two attached hydrogens (primary N) is 2. The maximum Gasteiger partial charge on any atom is 0.388 e. The Hall–Kier alpha value is -3.60. The van der Waals surface area contributed by atoms with Gasteiger partial charge < -0.3 is 21.1 Å². The van der Waals surface area contributed by atoms with Crippen molar-refractivity contribution in [2.24, 2.45) is 5.73 Å². The first-order valence-corrected chi connectivity index (χ1v) is 9.45. The number of rotatable bonds is 8. The van der Waals surface area contributed by atoms with Crippen molar-refractivity contribution >= 4 is 39.7 Å². The number of benzene rings is 1. The number of pyridine rings is 1. The molecule has 8 nitrogen and oxygen atoms in total. The molecule has 0 aliphatic heterocycles. The van der Waals surface area contributed by atoms with Crippen LogP contribution in [0.5, 0.6) is 5.88 Å². The third-order valence-electron chi connectivity index (χ3n) is 4.10. The second-order valence-electron chi connectivity index (χ2n) is 6.09. The molecule has 0 saturated carbocycles. The van der Waals surface area contributed by atoms with Crippen molar-refractivity contribution in [3.05, 3.63) is 59.1 Å². The third kappa shape index (κ3) is 4.51. The number of amides is 1. The summed E-state index contributed by atoms with van der Waals surface area (Å²) in [5.74, 6) is -1.29. The highest BCUT2D eigenvalue weighted by Gasteiger charge is 2.27. The fraction of sp³-hybridized carbons (Fsp3) is 0.158. The number of anilines is 3. The molecular formula is C19H17F2N5O3S. The van der Waals surface area contributed by atoms with E-state index in [1.807, 2.05) is 0 Å². The van der Waals surface area contributed by atoms with E-state index < -0.39 is 18.6 Å². The van der Waals surface area contributed by atoms with Crippen LogP contribution in [0.1, 0.15) is 22.2 Å². The molecule has 2 heterocycles. The average Bonchev–Trinajstić information content (AvgIpc) is 3.10. The first kappa shape index (κ1) is 21.1. The molecule has 0 bridgehead atoms. The van der Waals surface area contributed by atoms with Gasteiger partial charge in [0.15, 0.2) is 5.13 Å². The van der Waals surface area contributed by atoms with Gasteiger partial charge in [-0.05, 0) is 13.0 Å². The van der Waals surface area contributed by atoms with E-state index in [0.717, 1.165) is 11.3 Å². The summed E-state index contributed by atoms with van der Waals surface area (Å²) in [5, 5.41) is 0.224. The van der Waals surface area contributed by atoms with E-state index in [0.29, 0.717) is 11.3 Å². The molecule has 0 aliphatic carbocycles. The van der Waals surface area contributed by atoms with Crippen molar-refractivity contribution in [1.29, 1.82) is 0 Å². The number of alkyl halides is 2. The van der Waals surface area contributed by atoms with Gasteiger partial charge >= 0.3 is 6.61 Å². The fourth-order valence-corrected chi connectivity index (χ4v) is 3.66. The van der Waals surface area contributed by atoms with Gasteiger partial charge in [0.05, 0.1) is 11.9 Å². The van der Waals surface area contributed by atoms with Crippen molar-refractivity contribution in [3.63, 3.8) is 0 Å². The number of aromatic nitrogens is 2. The number of carbonyl (C=O) groups excluding carboxylic acids is 2. The van der Waals surface area contributed by atoms with Crippen LogP contribution in [0.15, 0.2) is 48.7 Å². The Morgan fingerprint density at radius 1 is 1.17 bits per heavy atom. The minimum atomic E-state index is -3.02. The molecular weight excluding hydrogens is 416 g/mol. The summed E-state index contributed by atoms with van der Waals surface area (Å²) in [5.41, 5.74) is 12.2. The summed E-state index contributed by atoms with van der Waals surface area (Å²) in [6.07, 6.45) is 1.23. The zero-order valence-corrected chi connectivity index (χ0v) is 16.5. The van der Waals surface area contributed by atoms with Crippen LogP contribution in [-0.2, 0) is 4.79 Å². The Kier molecular flexibility index (Phi) is 6.21. The Bertz CT molecular complexity index is 1040. The van der Waals surface area contributed by atoms with E-state index in [4.69, 9.17) is 11.5 Å². The van der Waals surface area contributed by atoms with Gasteiger partial charge in [0.2, 0.25) is 17.6 Å². The lowest BCUT2D eigenvalue weighted by atomic mass is 10.1. The Balaban J connectivity index is 1.99. The van der Waals surface area contributed by atoms with Crippen molar-refractivity contribution < 1.29 is 23.1 Å². The average molecular weight is 433 g/mol. The van der Waals surface area contributed by atoms with Gasteiger partial charge in [-0.3, -0.25) is 9.59 Å². The lowest BCUT2D eigenvalue weighted by molar-refractivity contribution is -0.118. The molecule has 11 heteroatoms. The summed E-state index contributed by atoms with van der Waals surface area (Å²) in [6.45, 7) is -1.49. The van der Waals surface area contributed by atoms with Crippen LogP contribution >= 0.6 is 11.3 Å². The first-order valence-electron chi connectivity index (χ1n) is 8.63. The minimum absolute atomic E-state index is 0.00358. The molecule has 1 atom stereocenters. The summed E-state index contributed by atoms with van der Waals surface area (Å²) in [6, 6.07) is 10.3. The van der Waals surface area contributed by atoms with Crippen molar-refractivity contribution in [1.82, 2.24) is 9.97 Å². The molecule has 3 aromatic rings. The third-order valence-corrected chi connectivity index (χ3v) is 5.17. The highest BCUT2D eigenvalue weighted by Crippen LogP contribution is 2.36. The zero-order valence-electron chi connectivity index (χ0n) is 15.7. The molecule has 1 amide bonds. The summed E-state index contributed by atoms with van der Waals surface area (Å²) in [4.78, 5) is 34.3. The number of thiazole rings is 1. The van der Waals surface area contributed by atoms with Gasteiger partial charge in [0.25, 0.3) is 0 Å². The van der Waals surface area contributed by atoms with Gasteiger partial charge in [-0.25, -0.2) is 9.97 Å². The van der Waals surface area contributed by atoms with Crippen LogP contribution in [0, 0.1) is 0 Å². The maximum absolute atomic E-state index is 12.8. The minimum Gasteiger partial charge on any atom is -0.417 e. The monoisotopic (exact) mass is 433 g/mol. The highest BCUT2D eigenvalue weighted by molar-refractivity contribution is 7.18. The van der Waals surface area contributed by atoms with Crippen LogP contribution in [-0.4, -0.2) is 34.3 Å². The summed E-state index contributed by atoms with van der Waals surface area (Å²) < 4.78 is 28.9. The van der Waals surface area contributed by atoms with Gasteiger partial charge in [-0.15, -0.1) is 0 Å². The molecule has 3 rings (SSSR count). The maximum atomic E-state index is 12.8. The Labute approximate surface area is 174 Å². The van der Waals surface area contributed by atoms with Crippen molar-refractivity contribution in [3.8, 4) is 5.88 Å². The lowest BCUT2D eigenvalue weighted by Gasteiger charge is -2.26.